The summed E-state index contributed by atoms with van der Waals surface area (Å²) in [5, 5.41) is 9.94. The van der Waals surface area contributed by atoms with E-state index >= 15 is 0 Å². The standard InChI is InChI=1S/C9H6BrN3O2/c10-7-4-6(5-15-7)9(14)12-8-2-1-3-11-13-8/h1-5H,(H,12,13,14). The molecule has 0 aliphatic heterocycles. The van der Waals surface area contributed by atoms with Gasteiger partial charge in [-0.2, -0.15) is 5.10 Å². The second kappa shape index (κ2) is 4.22. The monoisotopic (exact) mass is 267 g/mol. The first kappa shape index (κ1) is 9.85. The van der Waals surface area contributed by atoms with Gasteiger partial charge in [0.15, 0.2) is 10.5 Å². The Morgan fingerprint density at radius 2 is 2.40 bits per heavy atom. The number of rotatable bonds is 2. The molecule has 2 aromatic heterocycles. The highest BCUT2D eigenvalue weighted by molar-refractivity contribution is 9.10. The molecule has 0 saturated carbocycles. The number of amides is 1. The Morgan fingerprint density at radius 3 is 3.00 bits per heavy atom. The molecule has 0 spiro atoms. The Hall–Kier alpha value is -1.69. The van der Waals surface area contributed by atoms with Crippen molar-refractivity contribution >= 4 is 27.7 Å². The molecule has 2 rings (SSSR count). The van der Waals surface area contributed by atoms with Crippen LogP contribution in [0, 0.1) is 0 Å². The Kier molecular flexibility index (Phi) is 2.77. The van der Waals surface area contributed by atoms with Crippen LogP contribution in [0.15, 0.2) is 39.7 Å². The Labute approximate surface area is 93.6 Å². The van der Waals surface area contributed by atoms with E-state index in [1.165, 1.54) is 12.5 Å². The van der Waals surface area contributed by atoms with Crippen molar-refractivity contribution in [2.75, 3.05) is 5.32 Å². The van der Waals surface area contributed by atoms with Crippen molar-refractivity contribution in [2.45, 2.75) is 0 Å². The largest absolute Gasteiger partial charge is 0.457 e. The molecule has 0 atom stereocenters. The number of carbonyl (C=O) groups excluding carboxylic acids is 1. The third-order valence-electron chi connectivity index (χ3n) is 1.64. The summed E-state index contributed by atoms with van der Waals surface area (Å²) in [4.78, 5) is 11.6. The van der Waals surface area contributed by atoms with Crippen LogP contribution in [-0.4, -0.2) is 16.1 Å². The van der Waals surface area contributed by atoms with E-state index in [-0.39, 0.29) is 5.91 Å². The number of hydrogen-bond acceptors (Lipinski definition) is 4. The smallest absolute Gasteiger partial charge is 0.260 e. The zero-order valence-electron chi connectivity index (χ0n) is 7.48. The van der Waals surface area contributed by atoms with Crippen molar-refractivity contribution in [1.82, 2.24) is 10.2 Å². The van der Waals surface area contributed by atoms with Crippen LogP contribution < -0.4 is 5.32 Å². The molecule has 1 N–H and O–H groups in total. The summed E-state index contributed by atoms with van der Waals surface area (Å²) < 4.78 is 5.45. The SMILES string of the molecule is O=C(Nc1cccnn1)c1coc(Br)c1. The minimum atomic E-state index is -0.287. The molecule has 0 aromatic carbocycles. The highest BCUT2D eigenvalue weighted by atomic mass is 79.9. The van der Waals surface area contributed by atoms with Gasteiger partial charge in [-0.1, -0.05) is 0 Å². The lowest BCUT2D eigenvalue weighted by molar-refractivity contribution is 0.102. The van der Waals surface area contributed by atoms with Crippen molar-refractivity contribution in [2.24, 2.45) is 0 Å². The number of nitrogens with zero attached hydrogens (tertiary/aromatic N) is 2. The summed E-state index contributed by atoms with van der Waals surface area (Å²) in [6.07, 6.45) is 2.89. The first-order chi connectivity index (χ1) is 7.25. The second-order valence-corrected chi connectivity index (χ2v) is 3.48. The molecular formula is C9H6BrN3O2. The summed E-state index contributed by atoms with van der Waals surface area (Å²) >= 11 is 3.11. The molecule has 0 aliphatic carbocycles. The lowest BCUT2D eigenvalue weighted by Gasteiger charge is -1.99. The minimum absolute atomic E-state index is 0.287. The van der Waals surface area contributed by atoms with Crippen molar-refractivity contribution in [3.63, 3.8) is 0 Å². The fourth-order valence-electron chi connectivity index (χ4n) is 0.986. The molecule has 0 unspecified atom stereocenters. The maximum absolute atomic E-state index is 11.6. The molecule has 0 saturated heterocycles. The van der Waals surface area contributed by atoms with Crippen molar-refractivity contribution in [1.29, 1.82) is 0 Å². The van der Waals surface area contributed by atoms with Gasteiger partial charge >= 0.3 is 0 Å². The van der Waals surface area contributed by atoms with Crippen LogP contribution in [0.5, 0.6) is 0 Å². The van der Waals surface area contributed by atoms with Gasteiger partial charge in [-0.15, -0.1) is 5.10 Å². The van der Waals surface area contributed by atoms with E-state index in [1.54, 1.807) is 18.2 Å². The van der Waals surface area contributed by atoms with Gasteiger partial charge in [-0.25, -0.2) is 0 Å². The summed E-state index contributed by atoms with van der Waals surface area (Å²) in [5.74, 6) is 0.116. The maximum Gasteiger partial charge on any atom is 0.260 e. The van der Waals surface area contributed by atoms with Crippen LogP contribution in [0.3, 0.4) is 0 Å². The fraction of sp³-hybridized carbons (Fsp3) is 0. The summed E-state index contributed by atoms with van der Waals surface area (Å²) in [5.41, 5.74) is 0.424. The third-order valence-corrected chi connectivity index (χ3v) is 2.06. The van der Waals surface area contributed by atoms with Gasteiger partial charge in [0.2, 0.25) is 0 Å². The molecule has 76 valence electrons. The third kappa shape index (κ3) is 2.41. The van der Waals surface area contributed by atoms with E-state index in [0.717, 1.165) is 0 Å². The van der Waals surface area contributed by atoms with Gasteiger partial charge < -0.3 is 9.73 Å². The van der Waals surface area contributed by atoms with Crippen LogP contribution in [-0.2, 0) is 0 Å². The van der Waals surface area contributed by atoms with Gasteiger partial charge in [-0.3, -0.25) is 4.79 Å². The van der Waals surface area contributed by atoms with Crippen LogP contribution in [0.2, 0.25) is 0 Å². The molecular weight excluding hydrogens is 262 g/mol. The molecule has 5 nitrogen and oxygen atoms in total. The number of aromatic nitrogens is 2. The van der Waals surface area contributed by atoms with Crippen molar-refractivity contribution < 1.29 is 9.21 Å². The van der Waals surface area contributed by atoms with E-state index in [9.17, 15) is 4.79 Å². The zero-order valence-corrected chi connectivity index (χ0v) is 9.06. The van der Waals surface area contributed by atoms with Gasteiger partial charge in [0, 0.05) is 12.3 Å². The lowest BCUT2D eigenvalue weighted by atomic mass is 10.3. The number of halogens is 1. The minimum Gasteiger partial charge on any atom is -0.457 e. The van der Waals surface area contributed by atoms with Crippen LogP contribution >= 0.6 is 15.9 Å². The second-order valence-electron chi connectivity index (χ2n) is 2.70. The topological polar surface area (TPSA) is 68.0 Å². The Morgan fingerprint density at radius 1 is 1.53 bits per heavy atom. The van der Waals surface area contributed by atoms with Gasteiger partial charge in [-0.05, 0) is 28.1 Å². The average molecular weight is 268 g/mol. The number of carbonyl (C=O) groups is 1. The van der Waals surface area contributed by atoms with Crippen molar-refractivity contribution in [3.05, 3.63) is 40.9 Å². The molecule has 15 heavy (non-hydrogen) atoms. The summed E-state index contributed by atoms with van der Waals surface area (Å²) in [6.45, 7) is 0. The fourth-order valence-corrected chi connectivity index (χ4v) is 1.33. The molecule has 0 fully saturated rings. The van der Waals surface area contributed by atoms with Crippen LogP contribution in [0.4, 0.5) is 5.82 Å². The summed E-state index contributed by atoms with van der Waals surface area (Å²) in [6, 6.07) is 4.92. The van der Waals surface area contributed by atoms with E-state index in [1.807, 2.05) is 0 Å². The molecule has 0 radical (unpaired) electrons. The normalized spacial score (nSPS) is 9.93. The molecule has 1 amide bonds. The zero-order chi connectivity index (χ0) is 10.7. The molecule has 2 aromatic rings. The predicted octanol–water partition coefficient (Wildman–Crippen LogP) is 2.08. The molecule has 0 bridgehead atoms. The molecule has 0 aliphatic rings. The average Bonchev–Trinajstić information content (AvgIpc) is 2.66. The quantitative estimate of drug-likeness (QED) is 0.905. The highest BCUT2D eigenvalue weighted by Crippen LogP contribution is 2.14. The molecule has 2 heterocycles. The van der Waals surface area contributed by atoms with Gasteiger partial charge in [0.05, 0.1) is 5.56 Å². The van der Waals surface area contributed by atoms with E-state index in [2.05, 4.69) is 31.4 Å². The molecule has 6 heteroatoms. The van der Waals surface area contributed by atoms with Crippen molar-refractivity contribution in [3.8, 4) is 0 Å². The number of hydrogen-bond donors (Lipinski definition) is 1. The lowest BCUT2D eigenvalue weighted by Crippen LogP contribution is -2.12. The number of furan rings is 1. The predicted molar refractivity (Wildman–Crippen MR) is 56.4 cm³/mol. The van der Waals surface area contributed by atoms with Crippen LogP contribution in [0.1, 0.15) is 10.4 Å². The van der Waals surface area contributed by atoms with E-state index in [0.29, 0.717) is 16.1 Å². The van der Waals surface area contributed by atoms with Gasteiger partial charge in [0.25, 0.3) is 5.91 Å². The summed E-state index contributed by atoms with van der Waals surface area (Å²) in [7, 11) is 0. The number of nitrogens with one attached hydrogen (secondary N) is 1. The highest BCUT2D eigenvalue weighted by Gasteiger charge is 2.09. The first-order valence-corrected chi connectivity index (χ1v) is 4.88. The van der Waals surface area contributed by atoms with Gasteiger partial charge in [0.1, 0.15) is 6.26 Å². The number of anilines is 1. The van der Waals surface area contributed by atoms with E-state index in [4.69, 9.17) is 4.42 Å². The Balaban J connectivity index is 2.11. The Bertz CT molecular complexity index is 469. The van der Waals surface area contributed by atoms with E-state index < -0.39 is 0 Å². The van der Waals surface area contributed by atoms with Crippen LogP contribution in [0.25, 0.3) is 0 Å². The first-order valence-electron chi connectivity index (χ1n) is 4.09. The maximum atomic E-state index is 11.6.